The average Bonchev–Trinajstić information content (AvgIpc) is 2.68. The molecule has 4 heteroatoms. The second kappa shape index (κ2) is 4.04. The SMILES string of the molecule is COc1cc(C)c(C)cc1C1COC(=O)N1. The van der Waals surface area contributed by atoms with Crippen LogP contribution in [0.1, 0.15) is 22.7 Å². The lowest BCUT2D eigenvalue weighted by Gasteiger charge is -2.15. The lowest BCUT2D eigenvalue weighted by molar-refractivity contribution is 0.177. The molecule has 0 spiro atoms. The van der Waals surface area contributed by atoms with Crippen LogP contribution in [0.2, 0.25) is 0 Å². The van der Waals surface area contributed by atoms with Crippen molar-refractivity contribution in [3.05, 3.63) is 28.8 Å². The van der Waals surface area contributed by atoms with Crippen molar-refractivity contribution in [1.29, 1.82) is 0 Å². The number of ether oxygens (including phenoxy) is 2. The Hall–Kier alpha value is -1.71. The van der Waals surface area contributed by atoms with Crippen molar-refractivity contribution >= 4 is 6.09 Å². The highest BCUT2D eigenvalue weighted by atomic mass is 16.6. The smallest absolute Gasteiger partial charge is 0.407 e. The standard InChI is InChI=1S/C12H15NO3/c1-7-4-9(10-6-16-12(14)13-10)11(15-3)5-8(7)2/h4-5,10H,6H2,1-3H3,(H,13,14). The van der Waals surface area contributed by atoms with Crippen molar-refractivity contribution in [2.75, 3.05) is 13.7 Å². The fourth-order valence-electron chi connectivity index (χ4n) is 1.81. The third-order valence-electron chi connectivity index (χ3n) is 2.89. The molecule has 0 aliphatic carbocycles. The van der Waals surface area contributed by atoms with E-state index in [0.29, 0.717) is 6.61 Å². The van der Waals surface area contributed by atoms with E-state index in [0.717, 1.165) is 11.3 Å². The predicted molar refractivity (Wildman–Crippen MR) is 59.7 cm³/mol. The van der Waals surface area contributed by atoms with Gasteiger partial charge in [-0.3, -0.25) is 0 Å². The Morgan fingerprint density at radius 1 is 1.38 bits per heavy atom. The molecule has 0 radical (unpaired) electrons. The Kier molecular flexibility index (Phi) is 2.73. The van der Waals surface area contributed by atoms with Crippen LogP contribution in [0.3, 0.4) is 0 Å². The zero-order valence-electron chi connectivity index (χ0n) is 9.66. The molecule has 1 N–H and O–H groups in total. The summed E-state index contributed by atoms with van der Waals surface area (Å²) in [7, 11) is 1.63. The molecule has 1 saturated heterocycles. The van der Waals surface area contributed by atoms with Gasteiger partial charge in [-0.15, -0.1) is 0 Å². The number of methoxy groups -OCH3 is 1. The summed E-state index contributed by atoms with van der Waals surface area (Å²) >= 11 is 0. The number of nitrogens with one attached hydrogen (secondary N) is 1. The van der Waals surface area contributed by atoms with Gasteiger partial charge in [0.1, 0.15) is 12.4 Å². The maximum absolute atomic E-state index is 11.0. The van der Waals surface area contributed by atoms with Gasteiger partial charge in [-0.05, 0) is 37.1 Å². The van der Waals surface area contributed by atoms with Gasteiger partial charge < -0.3 is 14.8 Å². The summed E-state index contributed by atoms with van der Waals surface area (Å²) in [6, 6.07) is 3.91. The molecule has 1 aliphatic rings. The Bertz CT molecular complexity index is 429. The minimum absolute atomic E-state index is 0.109. The Balaban J connectivity index is 2.39. The van der Waals surface area contributed by atoms with E-state index in [1.54, 1.807) is 7.11 Å². The summed E-state index contributed by atoms with van der Waals surface area (Å²) < 4.78 is 10.2. The van der Waals surface area contributed by atoms with E-state index < -0.39 is 0 Å². The highest BCUT2D eigenvalue weighted by Gasteiger charge is 2.26. The number of benzene rings is 1. The van der Waals surface area contributed by atoms with E-state index >= 15 is 0 Å². The van der Waals surface area contributed by atoms with E-state index in [2.05, 4.69) is 5.32 Å². The summed E-state index contributed by atoms with van der Waals surface area (Å²) in [6.45, 7) is 4.43. The molecule has 1 atom stereocenters. The van der Waals surface area contributed by atoms with Gasteiger partial charge in [-0.25, -0.2) is 4.79 Å². The van der Waals surface area contributed by atoms with Crippen LogP contribution in [0.5, 0.6) is 5.75 Å². The van der Waals surface area contributed by atoms with Gasteiger partial charge in [0, 0.05) is 5.56 Å². The van der Waals surface area contributed by atoms with Crippen LogP contribution in [0.4, 0.5) is 4.79 Å². The molecule has 4 nitrogen and oxygen atoms in total. The van der Waals surface area contributed by atoms with E-state index in [4.69, 9.17) is 9.47 Å². The number of alkyl carbamates (subject to hydrolysis) is 1. The summed E-state index contributed by atoms with van der Waals surface area (Å²) in [4.78, 5) is 11.0. The molecule has 1 aromatic rings. The first kappa shape index (κ1) is 10.8. The lowest BCUT2D eigenvalue weighted by atomic mass is 10.0. The number of hydrogen-bond donors (Lipinski definition) is 1. The molecular formula is C12H15NO3. The molecule has 1 aromatic carbocycles. The van der Waals surface area contributed by atoms with E-state index in [1.807, 2.05) is 26.0 Å². The minimum atomic E-state index is -0.370. The third kappa shape index (κ3) is 1.83. The molecule has 1 unspecified atom stereocenters. The summed E-state index contributed by atoms with van der Waals surface area (Å²) in [5, 5.41) is 2.75. The van der Waals surface area contributed by atoms with Crippen LogP contribution in [0.25, 0.3) is 0 Å². The Morgan fingerprint density at radius 2 is 2.06 bits per heavy atom. The second-order valence-corrected chi connectivity index (χ2v) is 3.97. The van der Waals surface area contributed by atoms with Gasteiger partial charge in [0.25, 0.3) is 0 Å². The van der Waals surface area contributed by atoms with Gasteiger partial charge in [-0.1, -0.05) is 0 Å². The number of carbonyl (C=O) groups is 1. The number of carbonyl (C=O) groups excluding carboxylic acids is 1. The van der Waals surface area contributed by atoms with Gasteiger partial charge in [0.05, 0.1) is 13.2 Å². The minimum Gasteiger partial charge on any atom is -0.496 e. The lowest BCUT2D eigenvalue weighted by Crippen LogP contribution is -2.19. The molecular weight excluding hydrogens is 206 g/mol. The first-order valence-corrected chi connectivity index (χ1v) is 5.20. The van der Waals surface area contributed by atoms with Crippen LogP contribution in [-0.2, 0) is 4.74 Å². The fourth-order valence-corrected chi connectivity index (χ4v) is 1.81. The zero-order valence-corrected chi connectivity index (χ0v) is 9.66. The number of rotatable bonds is 2. The van der Waals surface area contributed by atoms with E-state index in [9.17, 15) is 4.79 Å². The molecule has 1 fully saturated rings. The fraction of sp³-hybridized carbons (Fsp3) is 0.417. The molecule has 1 heterocycles. The normalized spacial score (nSPS) is 19.2. The topological polar surface area (TPSA) is 47.6 Å². The van der Waals surface area contributed by atoms with Gasteiger partial charge in [-0.2, -0.15) is 0 Å². The highest BCUT2D eigenvalue weighted by molar-refractivity contribution is 5.70. The van der Waals surface area contributed by atoms with Crippen molar-refractivity contribution in [2.24, 2.45) is 0 Å². The van der Waals surface area contributed by atoms with Gasteiger partial charge >= 0.3 is 6.09 Å². The van der Waals surface area contributed by atoms with Crippen molar-refractivity contribution in [3.8, 4) is 5.75 Å². The van der Waals surface area contributed by atoms with Crippen molar-refractivity contribution in [1.82, 2.24) is 5.32 Å². The third-order valence-corrected chi connectivity index (χ3v) is 2.89. The first-order chi connectivity index (χ1) is 7.61. The zero-order chi connectivity index (χ0) is 11.7. The maximum Gasteiger partial charge on any atom is 0.407 e. The van der Waals surface area contributed by atoms with Crippen LogP contribution in [0.15, 0.2) is 12.1 Å². The molecule has 16 heavy (non-hydrogen) atoms. The highest BCUT2D eigenvalue weighted by Crippen LogP contribution is 2.30. The first-order valence-electron chi connectivity index (χ1n) is 5.20. The molecule has 0 aromatic heterocycles. The summed E-state index contributed by atoms with van der Waals surface area (Å²) in [5.74, 6) is 0.791. The van der Waals surface area contributed by atoms with Crippen LogP contribution >= 0.6 is 0 Å². The molecule has 86 valence electrons. The van der Waals surface area contributed by atoms with Crippen molar-refractivity contribution in [2.45, 2.75) is 19.9 Å². The molecule has 0 bridgehead atoms. The van der Waals surface area contributed by atoms with Gasteiger partial charge in [0.2, 0.25) is 0 Å². The van der Waals surface area contributed by atoms with Crippen molar-refractivity contribution in [3.63, 3.8) is 0 Å². The average molecular weight is 221 g/mol. The number of aryl methyl sites for hydroxylation is 2. The summed E-state index contributed by atoms with van der Waals surface area (Å²) in [6.07, 6.45) is -0.370. The Labute approximate surface area is 94.6 Å². The van der Waals surface area contributed by atoms with Crippen molar-refractivity contribution < 1.29 is 14.3 Å². The number of cyclic esters (lactones) is 1. The molecule has 1 aliphatic heterocycles. The summed E-state index contributed by atoms with van der Waals surface area (Å²) in [5.41, 5.74) is 3.32. The molecule has 1 amide bonds. The molecule has 0 saturated carbocycles. The van der Waals surface area contributed by atoms with Crippen LogP contribution in [0, 0.1) is 13.8 Å². The number of amides is 1. The maximum atomic E-state index is 11.0. The largest absolute Gasteiger partial charge is 0.496 e. The van der Waals surface area contributed by atoms with Gasteiger partial charge in [0.15, 0.2) is 0 Å². The monoisotopic (exact) mass is 221 g/mol. The quantitative estimate of drug-likeness (QED) is 0.831. The van der Waals surface area contributed by atoms with E-state index in [1.165, 1.54) is 11.1 Å². The predicted octanol–water partition coefficient (Wildman–Crippen LogP) is 2.09. The number of hydrogen-bond acceptors (Lipinski definition) is 3. The molecule has 2 rings (SSSR count). The van der Waals surface area contributed by atoms with Crippen LogP contribution < -0.4 is 10.1 Å². The van der Waals surface area contributed by atoms with Crippen LogP contribution in [-0.4, -0.2) is 19.8 Å². The van der Waals surface area contributed by atoms with E-state index in [-0.39, 0.29) is 12.1 Å². The Morgan fingerprint density at radius 3 is 2.62 bits per heavy atom. The second-order valence-electron chi connectivity index (χ2n) is 3.97.